The van der Waals surface area contributed by atoms with E-state index in [4.69, 9.17) is 16.3 Å². The van der Waals surface area contributed by atoms with Gasteiger partial charge in [-0.1, -0.05) is 23.7 Å². The van der Waals surface area contributed by atoms with Crippen LogP contribution < -0.4 is 5.32 Å². The van der Waals surface area contributed by atoms with Crippen LogP contribution in [0.3, 0.4) is 0 Å². The lowest BCUT2D eigenvalue weighted by Crippen LogP contribution is -2.48. The van der Waals surface area contributed by atoms with Crippen molar-refractivity contribution < 1.29 is 4.74 Å². The molecule has 1 aliphatic heterocycles. The number of para-hydroxylation sites is 1. The first-order valence-corrected chi connectivity index (χ1v) is 7.30. The molecule has 1 N–H and O–H groups in total. The van der Waals surface area contributed by atoms with Crippen molar-refractivity contribution in [3.8, 4) is 0 Å². The highest BCUT2D eigenvalue weighted by molar-refractivity contribution is 6.33. The van der Waals surface area contributed by atoms with E-state index in [-0.39, 0.29) is 6.10 Å². The fourth-order valence-electron chi connectivity index (χ4n) is 2.41. The third-order valence-electron chi connectivity index (χ3n) is 3.63. The van der Waals surface area contributed by atoms with Gasteiger partial charge in [-0.2, -0.15) is 0 Å². The molecule has 106 valence electrons. The summed E-state index contributed by atoms with van der Waals surface area (Å²) in [5.41, 5.74) is 2.19. The van der Waals surface area contributed by atoms with Crippen LogP contribution in [0.5, 0.6) is 0 Å². The van der Waals surface area contributed by atoms with Gasteiger partial charge in [0.1, 0.15) is 0 Å². The molecule has 0 aromatic heterocycles. The number of hydrogen-bond donors (Lipinski definition) is 1. The van der Waals surface area contributed by atoms with Crippen molar-refractivity contribution in [1.82, 2.24) is 4.90 Å². The number of morpholine rings is 1. The summed E-state index contributed by atoms with van der Waals surface area (Å²) in [5, 5.41) is 4.20. The van der Waals surface area contributed by atoms with Gasteiger partial charge in [0.15, 0.2) is 0 Å². The molecule has 0 bridgehead atoms. The van der Waals surface area contributed by atoms with Crippen molar-refractivity contribution in [2.24, 2.45) is 0 Å². The van der Waals surface area contributed by atoms with E-state index in [0.29, 0.717) is 6.04 Å². The van der Waals surface area contributed by atoms with Crippen molar-refractivity contribution in [3.05, 3.63) is 28.8 Å². The van der Waals surface area contributed by atoms with E-state index in [1.807, 2.05) is 12.1 Å². The van der Waals surface area contributed by atoms with Gasteiger partial charge >= 0.3 is 0 Å². The number of anilines is 1. The van der Waals surface area contributed by atoms with Gasteiger partial charge in [0.2, 0.25) is 0 Å². The van der Waals surface area contributed by atoms with Crippen LogP contribution in [-0.4, -0.2) is 43.3 Å². The molecule has 1 atom stereocenters. The zero-order chi connectivity index (χ0) is 13.8. The Kier molecular flexibility index (Phi) is 5.08. The predicted molar refractivity (Wildman–Crippen MR) is 81.1 cm³/mol. The lowest BCUT2D eigenvalue weighted by Gasteiger charge is -2.35. The van der Waals surface area contributed by atoms with Crippen LogP contribution in [0.4, 0.5) is 5.69 Å². The average molecular weight is 283 g/mol. The highest BCUT2D eigenvalue weighted by Crippen LogP contribution is 2.25. The minimum atomic E-state index is 0.229. The van der Waals surface area contributed by atoms with Crippen LogP contribution in [-0.2, 0) is 4.74 Å². The maximum atomic E-state index is 6.21. The molecule has 2 rings (SSSR count). The molecule has 1 unspecified atom stereocenters. The Balaban J connectivity index is 1.92. The second-order valence-electron chi connectivity index (χ2n) is 5.39. The minimum absolute atomic E-state index is 0.229. The van der Waals surface area contributed by atoms with Gasteiger partial charge in [-0.3, -0.25) is 4.90 Å². The lowest BCUT2D eigenvalue weighted by molar-refractivity contribution is -0.0315. The Hall–Kier alpha value is -0.770. The monoisotopic (exact) mass is 282 g/mol. The van der Waals surface area contributed by atoms with Crippen molar-refractivity contribution in [1.29, 1.82) is 0 Å². The molecule has 1 fully saturated rings. The van der Waals surface area contributed by atoms with Crippen molar-refractivity contribution >= 4 is 17.3 Å². The van der Waals surface area contributed by atoms with E-state index in [1.54, 1.807) is 0 Å². The van der Waals surface area contributed by atoms with Crippen LogP contribution in [0.15, 0.2) is 18.2 Å². The molecule has 0 amide bonds. The molecular formula is C15H23ClN2O. The molecule has 1 aliphatic rings. The van der Waals surface area contributed by atoms with Crippen LogP contribution >= 0.6 is 11.6 Å². The second-order valence-corrected chi connectivity index (χ2v) is 5.80. The fourth-order valence-corrected chi connectivity index (χ4v) is 2.69. The Morgan fingerprint density at radius 3 is 2.95 bits per heavy atom. The molecular weight excluding hydrogens is 260 g/mol. The third kappa shape index (κ3) is 3.85. The van der Waals surface area contributed by atoms with Gasteiger partial charge in [0, 0.05) is 25.7 Å². The van der Waals surface area contributed by atoms with Crippen LogP contribution in [0.2, 0.25) is 5.02 Å². The Bertz CT molecular complexity index is 402. The highest BCUT2D eigenvalue weighted by Gasteiger charge is 2.22. The Labute approximate surface area is 120 Å². The zero-order valence-corrected chi connectivity index (χ0v) is 12.7. The molecule has 3 nitrogen and oxygen atoms in total. The Morgan fingerprint density at radius 2 is 2.26 bits per heavy atom. The normalized spacial score (nSPS) is 20.8. The molecule has 1 aromatic carbocycles. The number of halogens is 1. The summed E-state index contributed by atoms with van der Waals surface area (Å²) in [6.45, 7) is 10.1. The van der Waals surface area contributed by atoms with E-state index in [1.165, 1.54) is 5.56 Å². The van der Waals surface area contributed by atoms with Crippen molar-refractivity contribution in [2.45, 2.75) is 32.9 Å². The third-order valence-corrected chi connectivity index (χ3v) is 3.94. The predicted octanol–water partition coefficient (Wildman–Crippen LogP) is 3.17. The van der Waals surface area contributed by atoms with Gasteiger partial charge in [-0.25, -0.2) is 0 Å². The maximum Gasteiger partial charge on any atom is 0.0874 e. The first kappa shape index (κ1) is 14.6. The number of ether oxygens (including phenoxy) is 1. The summed E-state index contributed by atoms with van der Waals surface area (Å²) < 4.78 is 5.81. The zero-order valence-electron chi connectivity index (χ0n) is 11.9. The van der Waals surface area contributed by atoms with Gasteiger partial charge in [0.05, 0.1) is 23.4 Å². The summed E-state index contributed by atoms with van der Waals surface area (Å²) in [6.07, 6.45) is 0.229. The summed E-state index contributed by atoms with van der Waals surface area (Å²) >= 11 is 6.21. The first-order valence-electron chi connectivity index (χ1n) is 6.92. The van der Waals surface area contributed by atoms with Crippen molar-refractivity contribution in [2.75, 3.05) is 31.6 Å². The fraction of sp³-hybridized carbons (Fsp3) is 0.600. The maximum absolute atomic E-state index is 6.21. The molecule has 1 saturated heterocycles. The van der Waals surface area contributed by atoms with Crippen LogP contribution in [0.25, 0.3) is 0 Å². The van der Waals surface area contributed by atoms with Crippen LogP contribution in [0, 0.1) is 6.92 Å². The summed E-state index contributed by atoms with van der Waals surface area (Å²) in [7, 11) is 0. The molecule has 19 heavy (non-hydrogen) atoms. The molecule has 0 spiro atoms. The van der Waals surface area contributed by atoms with E-state index in [9.17, 15) is 0 Å². The van der Waals surface area contributed by atoms with Gasteiger partial charge < -0.3 is 10.1 Å². The smallest absolute Gasteiger partial charge is 0.0874 e. The minimum Gasteiger partial charge on any atom is -0.381 e. The number of nitrogens with zero attached hydrogens (tertiary/aromatic N) is 1. The number of hydrogen-bond acceptors (Lipinski definition) is 3. The largest absolute Gasteiger partial charge is 0.381 e. The molecule has 1 heterocycles. The quantitative estimate of drug-likeness (QED) is 0.918. The van der Waals surface area contributed by atoms with Gasteiger partial charge in [0.25, 0.3) is 0 Å². The van der Waals surface area contributed by atoms with E-state index in [0.717, 1.165) is 37.0 Å². The van der Waals surface area contributed by atoms with Gasteiger partial charge in [-0.05, 0) is 32.4 Å². The number of rotatable bonds is 4. The molecule has 0 aliphatic carbocycles. The number of nitrogens with one attached hydrogen (secondary N) is 1. The number of benzene rings is 1. The SMILES string of the molecule is Cc1cccc(Cl)c1NCC1CN(C(C)C)CCO1. The van der Waals surface area contributed by atoms with E-state index in [2.05, 4.69) is 37.1 Å². The van der Waals surface area contributed by atoms with Gasteiger partial charge in [-0.15, -0.1) is 0 Å². The number of aryl methyl sites for hydroxylation is 1. The topological polar surface area (TPSA) is 24.5 Å². The lowest BCUT2D eigenvalue weighted by atomic mass is 10.2. The average Bonchev–Trinajstić information content (AvgIpc) is 2.38. The molecule has 4 heteroatoms. The summed E-state index contributed by atoms with van der Waals surface area (Å²) in [4.78, 5) is 2.45. The van der Waals surface area contributed by atoms with Crippen LogP contribution in [0.1, 0.15) is 19.4 Å². The van der Waals surface area contributed by atoms with E-state index >= 15 is 0 Å². The Morgan fingerprint density at radius 1 is 1.47 bits per heavy atom. The van der Waals surface area contributed by atoms with E-state index < -0.39 is 0 Å². The molecule has 0 saturated carbocycles. The second kappa shape index (κ2) is 6.60. The van der Waals surface area contributed by atoms with Crippen molar-refractivity contribution in [3.63, 3.8) is 0 Å². The molecule has 0 radical (unpaired) electrons. The standard InChI is InChI=1S/C15H23ClN2O/c1-11(2)18-7-8-19-13(10-18)9-17-15-12(3)5-4-6-14(15)16/h4-6,11,13,17H,7-10H2,1-3H3. The first-order chi connectivity index (χ1) is 9.08. The summed E-state index contributed by atoms with van der Waals surface area (Å²) in [5.74, 6) is 0. The molecule has 1 aromatic rings. The summed E-state index contributed by atoms with van der Waals surface area (Å²) in [6, 6.07) is 6.53. The highest BCUT2D eigenvalue weighted by atomic mass is 35.5.